The average Bonchev–Trinajstić information content (AvgIpc) is 3.21. The Hall–Kier alpha value is -3.99. The predicted octanol–water partition coefficient (Wildman–Crippen LogP) is 4.40. The first-order chi connectivity index (χ1) is 14.6. The predicted molar refractivity (Wildman–Crippen MR) is 111 cm³/mol. The molecule has 146 valence electrons. The number of esters is 1. The van der Waals surface area contributed by atoms with E-state index in [9.17, 15) is 14.4 Å². The van der Waals surface area contributed by atoms with Crippen molar-refractivity contribution in [2.45, 2.75) is 6.10 Å². The summed E-state index contributed by atoms with van der Waals surface area (Å²) in [6.07, 6.45) is 0.971. The molecule has 5 nitrogen and oxygen atoms in total. The Morgan fingerprint density at radius 2 is 1.47 bits per heavy atom. The summed E-state index contributed by atoms with van der Waals surface area (Å²) in [4.78, 5) is 39.0. The third-order valence-electron chi connectivity index (χ3n) is 5.52. The van der Waals surface area contributed by atoms with Crippen LogP contribution in [0.4, 0.5) is 0 Å². The molecule has 0 N–H and O–H groups in total. The van der Waals surface area contributed by atoms with Crippen LogP contribution in [0.2, 0.25) is 0 Å². The summed E-state index contributed by atoms with van der Waals surface area (Å²) in [5, 5.41) is 0. The second-order valence-electron chi connectivity index (χ2n) is 7.23. The summed E-state index contributed by atoms with van der Waals surface area (Å²) < 4.78 is 5.88. The molecule has 1 aliphatic heterocycles. The first-order valence-electron chi connectivity index (χ1n) is 9.60. The van der Waals surface area contributed by atoms with Crippen molar-refractivity contribution < 1.29 is 19.1 Å². The van der Waals surface area contributed by atoms with Gasteiger partial charge in [0.25, 0.3) is 11.8 Å². The SMILES string of the molecule is C=CCN1C(=O)c2ccc(C(=O)OC3c4ccccc4-c4ccccc43)cc2C1=O. The van der Waals surface area contributed by atoms with Crippen molar-refractivity contribution in [1.29, 1.82) is 0 Å². The van der Waals surface area contributed by atoms with Crippen molar-refractivity contribution in [3.63, 3.8) is 0 Å². The zero-order valence-electron chi connectivity index (χ0n) is 16.0. The van der Waals surface area contributed by atoms with Gasteiger partial charge in [0.05, 0.1) is 16.7 Å². The number of fused-ring (bicyclic) bond motifs is 4. The van der Waals surface area contributed by atoms with Gasteiger partial charge in [0.1, 0.15) is 0 Å². The molecule has 2 aliphatic rings. The maximum atomic E-state index is 13.0. The van der Waals surface area contributed by atoms with Gasteiger partial charge in [-0.15, -0.1) is 6.58 Å². The first-order valence-corrected chi connectivity index (χ1v) is 9.60. The summed E-state index contributed by atoms with van der Waals surface area (Å²) in [5.74, 6) is -1.36. The molecule has 30 heavy (non-hydrogen) atoms. The lowest BCUT2D eigenvalue weighted by Crippen LogP contribution is -2.29. The van der Waals surface area contributed by atoms with Crippen LogP contribution >= 0.6 is 0 Å². The largest absolute Gasteiger partial charge is 0.449 e. The van der Waals surface area contributed by atoms with Crippen molar-refractivity contribution in [3.05, 3.63) is 107 Å². The van der Waals surface area contributed by atoms with Gasteiger partial charge < -0.3 is 4.74 Å². The van der Waals surface area contributed by atoms with E-state index in [-0.39, 0.29) is 29.1 Å². The highest BCUT2D eigenvalue weighted by Crippen LogP contribution is 2.45. The molecule has 5 rings (SSSR count). The van der Waals surface area contributed by atoms with E-state index in [0.717, 1.165) is 27.2 Å². The lowest BCUT2D eigenvalue weighted by Gasteiger charge is -2.15. The third-order valence-corrected chi connectivity index (χ3v) is 5.52. The van der Waals surface area contributed by atoms with Crippen LogP contribution in [0.5, 0.6) is 0 Å². The van der Waals surface area contributed by atoms with E-state index in [1.54, 1.807) is 0 Å². The van der Waals surface area contributed by atoms with Crippen LogP contribution in [0.3, 0.4) is 0 Å². The van der Waals surface area contributed by atoms with Crippen LogP contribution in [-0.2, 0) is 4.74 Å². The standard InChI is InChI=1S/C25H17NO4/c1-2-13-26-23(27)20-12-11-15(14-21(20)24(26)28)25(29)30-22-18-9-5-3-7-16(18)17-8-4-6-10-19(17)22/h2-12,14,22H,1,13H2. The van der Waals surface area contributed by atoms with Gasteiger partial charge in [-0.2, -0.15) is 0 Å². The van der Waals surface area contributed by atoms with E-state index in [0.29, 0.717) is 0 Å². The Labute approximate surface area is 173 Å². The second-order valence-corrected chi connectivity index (χ2v) is 7.23. The van der Waals surface area contributed by atoms with Crippen LogP contribution < -0.4 is 0 Å². The zero-order valence-corrected chi connectivity index (χ0v) is 16.0. The second kappa shape index (κ2) is 6.81. The van der Waals surface area contributed by atoms with E-state index in [1.165, 1.54) is 24.3 Å². The minimum atomic E-state index is -0.545. The van der Waals surface area contributed by atoms with E-state index in [2.05, 4.69) is 6.58 Å². The summed E-state index contributed by atoms with van der Waals surface area (Å²) in [5.41, 5.74) is 4.67. The maximum Gasteiger partial charge on any atom is 0.339 e. The number of nitrogens with zero attached hydrogens (tertiary/aromatic N) is 1. The van der Waals surface area contributed by atoms with Gasteiger partial charge in [0.2, 0.25) is 0 Å². The van der Waals surface area contributed by atoms with Crippen LogP contribution in [0, 0.1) is 0 Å². The summed E-state index contributed by atoms with van der Waals surface area (Å²) >= 11 is 0. The fourth-order valence-electron chi connectivity index (χ4n) is 4.12. The van der Waals surface area contributed by atoms with Crippen LogP contribution in [0.15, 0.2) is 79.4 Å². The molecule has 0 atom stereocenters. The highest BCUT2D eigenvalue weighted by Gasteiger charge is 2.36. The van der Waals surface area contributed by atoms with Gasteiger partial charge in [-0.1, -0.05) is 54.6 Å². The minimum Gasteiger partial charge on any atom is -0.449 e. The van der Waals surface area contributed by atoms with E-state index >= 15 is 0 Å². The highest BCUT2D eigenvalue weighted by atomic mass is 16.5. The number of carbonyl (C=O) groups is 3. The number of amides is 2. The number of carbonyl (C=O) groups excluding carboxylic acids is 3. The summed E-state index contributed by atoms with van der Waals surface area (Å²) in [6.45, 7) is 3.70. The van der Waals surface area contributed by atoms with Crippen molar-refractivity contribution in [2.24, 2.45) is 0 Å². The summed E-state index contributed by atoms with van der Waals surface area (Å²) in [7, 11) is 0. The number of imide groups is 1. The Balaban J connectivity index is 1.47. The molecule has 5 heteroatoms. The van der Waals surface area contributed by atoms with Gasteiger partial charge >= 0.3 is 5.97 Å². The first kappa shape index (κ1) is 18.1. The fraction of sp³-hybridized carbons (Fsp3) is 0.0800. The Morgan fingerprint density at radius 3 is 2.10 bits per heavy atom. The van der Waals surface area contributed by atoms with Gasteiger partial charge in [-0.3, -0.25) is 14.5 Å². The maximum absolute atomic E-state index is 13.0. The Bertz CT molecular complexity index is 1200. The van der Waals surface area contributed by atoms with E-state index in [1.807, 2.05) is 48.5 Å². The topological polar surface area (TPSA) is 63.7 Å². The van der Waals surface area contributed by atoms with E-state index < -0.39 is 18.0 Å². The molecule has 0 spiro atoms. The molecular formula is C25H17NO4. The minimum absolute atomic E-state index is 0.127. The molecule has 0 unspecified atom stereocenters. The molecule has 3 aromatic rings. The van der Waals surface area contributed by atoms with Gasteiger partial charge in [0, 0.05) is 17.7 Å². The molecule has 3 aromatic carbocycles. The number of ether oxygens (including phenoxy) is 1. The van der Waals surface area contributed by atoms with E-state index in [4.69, 9.17) is 4.74 Å². The number of rotatable bonds is 4. The number of hydrogen-bond acceptors (Lipinski definition) is 4. The molecular weight excluding hydrogens is 378 g/mol. The smallest absolute Gasteiger partial charge is 0.339 e. The number of benzene rings is 3. The van der Waals surface area contributed by atoms with Crippen LogP contribution in [-0.4, -0.2) is 29.2 Å². The molecule has 2 amide bonds. The lowest BCUT2D eigenvalue weighted by molar-refractivity contribution is 0.0385. The third kappa shape index (κ3) is 2.59. The molecule has 1 heterocycles. The molecule has 0 aromatic heterocycles. The van der Waals surface area contributed by atoms with Crippen molar-refractivity contribution in [3.8, 4) is 11.1 Å². The number of hydrogen-bond donors (Lipinski definition) is 0. The van der Waals surface area contributed by atoms with Crippen LogP contribution in [0.25, 0.3) is 11.1 Å². The molecule has 0 saturated heterocycles. The molecule has 0 bridgehead atoms. The van der Waals surface area contributed by atoms with Crippen molar-refractivity contribution in [2.75, 3.05) is 6.54 Å². The van der Waals surface area contributed by atoms with Crippen LogP contribution in [0.1, 0.15) is 48.3 Å². The summed E-state index contributed by atoms with van der Waals surface area (Å²) in [6, 6.07) is 20.1. The average molecular weight is 395 g/mol. The molecule has 0 fully saturated rings. The van der Waals surface area contributed by atoms with Crippen molar-refractivity contribution >= 4 is 17.8 Å². The van der Waals surface area contributed by atoms with Crippen molar-refractivity contribution in [1.82, 2.24) is 4.90 Å². The van der Waals surface area contributed by atoms with Gasteiger partial charge in [-0.25, -0.2) is 4.79 Å². The monoisotopic (exact) mass is 395 g/mol. The van der Waals surface area contributed by atoms with Gasteiger partial charge in [-0.05, 0) is 29.3 Å². The zero-order chi connectivity index (χ0) is 20.8. The Morgan fingerprint density at radius 1 is 0.867 bits per heavy atom. The molecule has 0 radical (unpaired) electrons. The Kier molecular flexibility index (Phi) is 4.10. The highest BCUT2D eigenvalue weighted by molar-refractivity contribution is 6.22. The normalized spacial score (nSPS) is 14.3. The molecule has 0 saturated carbocycles. The quantitative estimate of drug-likeness (QED) is 0.373. The fourth-order valence-corrected chi connectivity index (χ4v) is 4.12. The molecule has 1 aliphatic carbocycles. The lowest BCUT2D eigenvalue weighted by atomic mass is 10.1. The van der Waals surface area contributed by atoms with Gasteiger partial charge in [0.15, 0.2) is 6.10 Å².